The smallest absolute Gasteiger partial charge is 0.122 e. The number of hydrogen-bond donors (Lipinski definition) is 0. The van der Waals surface area contributed by atoms with Crippen LogP contribution in [0.25, 0.3) is 0 Å². The zero-order valence-corrected chi connectivity index (χ0v) is 13.6. The second kappa shape index (κ2) is 8.82. The van der Waals surface area contributed by atoms with E-state index in [1.807, 2.05) is 6.07 Å². The lowest BCUT2D eigenvalue weighted by molar-refractivity contribution is 0.301. The first kappa shape index (κ1) is 15.8. The van der Waals surface area contributed by atoms with E-state index in [2.05, 4.69) is 41.9 Å². The van der Waals surface area contributed by atoms with E-state index in [1.54, 1.807) is 0 Å². The predicted octanol–water partition coefficient (Wildman–Crippen LogP) is 5.75. The van der Waals surface area contributed by atoms with Crippen LogP contribution >= 0.6 is 27.5 Å². The Morgan fingerprint density at radius 2 is 1.89 bits per heavy atom. The van der Waals surface area contributed by atoms with Gasteiger partial charge in [-0.15, -0.1) is 11.6 Å². The van der Waals surface area contributed by atoms with Gasteiger partial charge in [0.2, 0.25) is 0 Å². The molecule has 0 radical (unpaired) electrons. The van der Waals surface area contributed by atoms with Crippen molar-refractivity contribution in [1.29, 1.82) is 0 Å². The summed E-state index contributed by atoms with van der Waals surface area (Å²) in [7, 11) is 0. The molecule has 0 saturated heterocycles. The fourth-order valence-corrected chi connectivity index (χ4v) is 2.40. The van der Waals surface area contributed by atoms with Crippen LogP contribution in [0.5, 0.6) is 5.75 Å². The lowest BCUT2D eigenvalue weighted by Gasteiger charge is -2.14. The van der Waals surface area contributed by atoms with E-state index in [0.29, 0.717) is 5.92 Å². The van der Waals surface area contributed by atoms with Gasteiger partial charge in [-0.05, 0) is 42.5 Å². The number of unbranched alkanes of at least 4 members (excludes halogenated alkanes) is 3. The molecule has 1 aromatic rings. The van der Waals surface area contributed by atoms with Crippen molar-refractivity contribution in [1.82, 2.24) is 0 Å². The van der Waals surface area contributed by atoms with Gasteiger partial charge < -0.3 is 4.74 Å². The molecule has 1 nitrogen and oxygen atoms in total. The van der Waals surface area contributed by atoms with E-state index in [1.165, 1.54) is 18.4 Å². The van der Waals surface area contributed by atoms with Gasteiger partial charge in [0.15, 0.2) is 0 Å². The third-order valence-corrected chi connectivity index (χ3v) is 3.64. The Morgan fingerprint density at radius 1 is 1.17 bits per heavy atom. The quantitative estimate of drug-likeness (QED) is 0.435. The Morgan fingerprint density at radius 3 is 2.56 bits per heavy atom. The molecule has 1 rings (SSSR count). The summed E-state index contributed by atoms with van der Waals surface area (Å²) in [5, 5.41) is 0. The Balaban J connectivity index is 2.42. The largest absolute Gasteiger partial charge is 0.493 e. The molecule has 102 valence electrons. The summed E-state index contributed by atoms with van der Waals surface area (Å²) < 4.78 is 6.99. The minimum absolute atomic E-state index is 0.480. The van der Waals surface area contributed by atoms with Gasteiger partial charge in [0.25, 0.3) is 0 Å². The fraction of sp³-hybridized carbons (Fsp3) is 0.600. The molecule has 0 bridgehead atoms. The summed E-state index contributed by atoms with van der Waals surface area (Å²) in [6, 6.07) is 6.24. The van der Waals surface area contributed by atoms with E-state index in [0.717, 1.165) is 35.6 Å². The topological polar surface area (TPSA) is 9.23 Å². The average Bonchev–Trinajstić information content (AvgIpc) is 2.35. The van der Waals surface area contributed by atoms with Gasteiger partial charge in [-0.3, -0.25) is 0 Å². The Labute approximate surface area is 124 Å². The molecule has 3 heteroatoms. The highest BCUT2D eigenvalue weighted by atomic mass is 79.9. The zero-order valence-electron chi connectivity index (χ0n) is 11.2. The molecule has 0 aliphatic heterocycles. The first-order valence-electron chi connectivity index (χ1n) is 6.63. The number of rotatable bonds is 8. The first-order valence-corrected chi connectivity index (χ1v) is 7.96. The molecule has 0 fully saturated rings. The molecule has 0 aliphatic carbocycles. The molecule has 0 amide bonds. The van der Waals surface area contributed by atoms with Crippen molar-refractivity contribution in [2.24, 2.45) is 0 Å². The number of halogens is 2. The van der Waals surface area contributed by atoms with Crippen LogP contribution in [0.3, 0.4) is 0 Å². The molecular formula is C15H22BrClO. The lowest BCUT2D eigenvalue weighted by Crippen LogP contribution is -2.01. The van der Waals surface area contributed by atoms with E-state index in [-0.39, 0.29) is 0 Å². The molecule has 18 heavy (non-hydrogen) atoms. The van der Waals surface area contributed by atoms with Gasteiger partial charge in [-0.25, -0.2) is 0 Å². The van der Waals surface area contributed by atoms with Gasteiger partial charge in [0.1, 0.15) is 5.75 Å². The molecule has 0 saturated carbocycles. The molecule has 0 aromatic heterocycles. The Hall–Kier alpha value is -0.210. The minimum atomic E-state index is 0.480. The highest BCUT2D eigenvalue weighted by Gasteiger charge is 2.08. The molecule has 0 N–H and O–H groups in total. The van der Waals surface area contributed by atoms with Crippen LogP contribution in [0.2, 0.25) is 0 Å². The van der Waals surface area contributed by atoms with Crippen LogP contribution in [0.1, 0.15) is 51.0 Å². The summed E-state index contributed by atoms with van der Waals surface area (Å²) in [6.07, 6.45) is 4.60. The van der Waals surface area contributed by atoms with E-state index < -0.39 is 0 Å². The van der Waals surface area contributed by atoms with E-state index in [4.69, 9.17) is 16.3 Å². The Bertz CT molecular complexity index is 352. The maximum atomic E-state index is 5.88. The highest BCUT2D eigenvalue weighted by Crippen LogP contribution is 2.29. The van der Waals surface area contributed by atoms with Crippen molar-refractivity contribution in [3.05, 3.63) is 28.2 Å². The van der Waals surface area contributed by atoms with Crippen molar-refractivity contribution in [2.75, 3.05) is 12.5 Å². The van der Waals surface area contributed by atoms with Crippen LogP contribution in [0.15, 0.2) is 22.7 Å². The summed E-state index contributed by atoms with van der Waals surface area (Å²) in [4.78, 5) is 0. The maximum Gasteiger partial charge on any atom is 0.122 e. The SMILES string of the molecule is CC(C)c1cc(Br)ccc1OCCCCCCCl. The molecule has 0 heterocycles. The summed E-state index contributed by atoms with van der Waals surface area (Å²) in [6.45, 7) is 5.17. The monoisotopic (exact) mass is 332 g/mol. The fourth-order valence-electron chi connectivity index (χ4n) is 1.83. The first-order chi connectivity index (χ1) is 8.65. The van der Waals surface area contributed by atoms with Crippen molar-refractivity contribution in [3.63, 3.8) is 0 Å². The van der Waals surface area contributed by atoms with Crippen LogP contribution in [-0.4, -0.2) is 12.5 Å². The Kier molecular flexibility index (Phi) is 7.76. The van der Waals surface area contributed by atoms with Crippen LogP contribution in [-0.2, 0) is 0 Å². The predicted molar refractivity (Wildman–Crippen MR) is 82.9 cm³/mol. The zero-order chi connectivity index (χ0) is 13.4. The molecule has 1 aromatic carbocycles. The number of ether oxygens (including phenoxy) is 1. The summed E-state index contributed by atoms with van der Waals surface area (Å²) >= 11 is 9.15. The van der Waals surface area contributed by atoms with E-state index >= 15 is 0 Å². The van der Waals surface area contributed by atoms with E-state index in [9.17, 15) is 0 Å². The van der Waals surface area contributed by atoms with Gasteiger partial charge in [0, 0.05) is 10.4 Å². The number of benzene rings is 1. The number of hydrogen-bond acceptors (Lipinski definition) is 1. The van der Waals surface area contributed by atoms with Gasteiger partial charge in [0.05, 0.1) is 6.61 Å². The van der Waals surface area contributed by atoms with Crippen molar-refractivity contribution < 1.29 is 4.74 Å². The summed E-state index contributed by atoms with van der Waals surface area (Å²) in [5.41, 5.74) is 1.27. The van der Waals surface area contributed by atoms with Crippen molar-refractivity contribution in [2.45, 2.75) is 45.4 Å². The average molecular weight is 334 g/mol. The highest BCUT2D eigenvalue weighted by molar-refractivity contribution is 9.10. The molecule has 0 unspecified atom stereocenters. The second-order valence-corrected chi connectivity index (χ2v) is 6.08. The van der Waals surface area contributed by atoms with Crippen LogP contribution in [0.4, 0.5) is 0 Å². The molecule has 0 spiro atoms. The maximum absolute atomic E-state index is 5.88. The van der Waals surface area contributed by atoms with Crippen molar-refractivity contribution in [3.8, 4) is 5.75 Å². The van der Waals surface area contributed by atoms with Crippen molar-refractivity contribution >= 4 is 27.5 Å². The van der Waals surface area contributed by atoms with Gasteiger partial charge >= 0.3 is 0 Å². The standard InChI is InChI=1S/C15H22BrClO/c1-12(2)14-11-13(16)7-8-15(14)18-10-6-4-3-5-9-17/h7-8,11-12H,3-6,9-10H2,1-2H3. The second-order valence-electron chi connectivity index (χ2n) is 4.79. The molecule has 0 atom stereocenters. The van der Waals surface area contributed by atoms with Crippen LogP contribution < -0.4 is 4.74 Å². The third kappa shape index (κ3) is 5.62. The number of alkyl halides is 1. The normalized spacial score (nSPS) is 10.9. The van der Waals surface area contributed by atoms with Gasteiger partial charge in [-0.1, -0.05) is 42.6 Å². The van der Waals surface area contributed by atoms with Crippen LogP contribution in [0, 0.1) is 0 Å². The third-order valence-electron chi connectivity index (χ3n) is 2.88. The van der Waals surface area contributed by atoms with Gasteiger partial charge in [-0.2, -0.15) is 0 Å². The lowest BCUT2D eigenvalue weighted by atomic mass is 10.0. The molecular weight excluding hydrogens is 312 g/mol. The minimum Gasteiger partial charge on any atom is -0.493 e. The summed E-state index contributed by atoms with van der Waals surface area (Å²) in [5.74, 6) is 2.27. The molecule has 0 aliphatic rings.